The van der Waals surface area contributed by atoms with Crippen LogP contribution in [0.1, 0.15) is 13.3 Å². The molecule has 0 radical (unpaired) electrons. The monoisotopic (exact) mass is 342 g/mol. The summed E-state index contributed by atoms with van der Waals surface area (Å²) in [6.45, 7) is 2.92. The zero-order chi connectivity index (χ0) is 18.2. The SMILES string of the molecule is CCCN(C(=O)OC)C1=C=CC(F)=C(C2=CC=CC(CN)C=C2)C=C1. The molecule has 5 heteroatoms. The molecule has 1 atom stereocenters. The van der Waals surface area contributed by atoms with Gasteiger partial charge in [-0.05, 0) is 24.1 Å². The third kappa shape index (κ3) is 4.69. The second-order valence-electron chi connectivity index (χ2n) is 5.66. The third-order valence-corrected chi connectivity index (χ3v) is 3.89. The molecule has 1 unspecified atom stereocenters. The van der Waals surface area contributed by atoms with Crippen LogP contribution in [0, 0.1) is 5.92 Å². The van der Waals surface area contributed by atoms with Gasteiger partial charge in [0.2, 0.25) is 0 Å². The summed E-state index contributed by atoms with van der Waals surface area (Å²) in [5, 5.41) is 0. The molecule has 0 saturated carbocycles. The Hall–Kier alpha value is -2.62. The van der Waals surface area contributed by atoms with E-state index in [1.165, 1.54) is 18.1 Å². The number of nitrogens with zero attached hydrogens (tertiary/aromatic N) is 1. The maximum absolute atomic E-state index is 14.5. The van der Waals surface area contributed by atoms with E-state index < -0.39 is 11.9 Å². The summed E-state index contributed by atoms with van der Waals surface area (Å²) in [6.07, 6.45) is 14.3. The van der Waals surface area contributed by atoms with Crippen molar-refractivity contribution in [3.8, 4) is 0 Å². The van der Waals surface area contributed by atoms with Crippen molar-refractivity contribution in [2.45, 2.75) is 13.3 Å². The van der Waals surface area contributed by atoms with E-state index >= 15 is 0 Å². The maximum Gasteiger partial charge on any atom is 0.414 e. The molecule has 0 saturated heterocycles. The van der Waals surface area contributed by atoms with Crippen molar-refractivity contribution in [3.05, 3.63) is 77.0 Å². The van der Waals surface area contributed by atoms with Crippen LogP contribution in [0.4, 0.5) is 9.18 Å². The summed E-state index contributed by atoms with van der Waals surface area (Å²) in [5.41, 5.74) is 10.2. The largest absolute Gasteiger partial charge is 0.452 e. The van der Waals surface area contributed by atoms with Gasteiger partial charge >= 0.3 is 6.09 Å². The van der Waals surface area contributed by atoms with Gasteiger partial charge in [0.1, 0.15) is 5.83 Å². The van der Waals surface area contributed by atoms with Gasteiger partial charge in [0.05, 0.1) is 12.8 Å². The smallest absolute Gasteiger partial charge is 0.414 e. The first-order valence-electron chi connectivity index (χ1n) is 8.27. The van der Waals surface area contributed by atoms with Gasteiger partial charge in [-0.15, -0.1) is 0 Å². The summed E-state index contributed by atoms with van der Waals surface area (Å²) in [6, 6.07) is 0. The van der Waals surface area contributed by atoms with Crippen LogP contribution in [0.2, 0.25) is 0 Å². The topological polar surface area (TPSA) is 55.6 Å². The van der Waals surface area contributed by atoms with Crippen molar-refractivity contribution in [3.63, 3.8) is 0 Å². The van der Waals surface area contributed by atoms with Crippen LogP contribution in [0.5, 0.6) is 0 Å². The molecule has 2 aliphatic carbocycles. The molecule has 2 rings (SSSR count). The first-order chi connectivity index (χ1) is 12.1. The van der Waals surface area contributed by atoms with Crippen molar-refractivity contribution in [2.75, 3.05) is 20.2 Å². The Morgan fingerprint density at radius 2 is 2.16 bits per heavy atom. The van der Waals surface area contributed by atoms with Crippen molar-refractivity contribution >= 4 is 6.09 Å². The number of carbonyl (C=O) groups excluding carboxylic acids is 1. The Labute approximate surface area is 147 Å². The average Bonchev–Trinajstić information content (AvgIpc) is 2.97. The van der Waals surface area contributed by atoms with E-state index in [4.69, 9.17) is 10.5 Å². The molecule has 0 fully saturated rings. The number of hydrogen-bond donors (Lipinski definition) is 1. The first kappa shape index (κ1) is 18.7. The van der Waals surface area contributed by atoms with E-state index in [1.54, 1.807) is 12.2 Å². The highest BCUT2D eigenvalue weighted by Crippen LogP contribution is 2.25. The van der Waals surface area contributed by atoms with Gasteiger partial charge in [0.25, 0.3) is 0 Å². The van der Waals surface area contributed by atoms with E-state index in [0.717, 1.165) is 12.0 Å². The van der Waals surface area contributed by atoms with Crippen LogP contribution in [0.3, 0.4) is 0 Å². The number of nitrogens with two attached hydrogens (primary N) is 1. The highest BCUT2D eigenvalue weighted by Gasteiger charge is 2.18. The first-order valence-corrected chi connectivity index (χ1v) is 8.27. The fourth-order valence-electron chi connectivity index (χ4n) is 2.54. The van der Waals surface area contributed by atoms with E-state index in [0.29, 0.717) is 24.4 Å². The van der Waals surface area contributed by atoms with Gasteiger partial charge in [-0.2, -0.15) is 0 Å². The van der Waals surface area contributed by atoms with Crippen molar-refractivity contribution in [2.24, 2.45) is 11.7 Å². The lowest BCUT2D eigenvalue weighted by atomic mass is 10.0. The summed E-state index contributed by atoms with van der Waals surface area (Å²) < 4.78 is 19.3. The standard InChI is InChI=1S/C20H23FN2O2/c1-3-13-23(20(24)25-2)17-9-11-18(19(21)12-10-17)16-6-4-5-15(14-22)7-8-16/h4-9,11-12,15H,3,13-14,22H2,1-2H3. The molecule has 2 N–H and O–H groups in total. The lowest BCUT2D eigenvalue weighted by molar-refractivity contribution is 0.137. The molecule has 0 spiro atoms. The quantitative estimate of drug-likeness (QED) is 0.770. The van der Waals surface area contributed by atoms with Gasteiger partial charge < -0.3 is 10.5 Å². The molecule has 132 valence electrons. The van der Waals surface area contributed by atoms with Gasteiger partial charge in [-0.25, -0.2) is 9.18 Å². The molecular formula is C20H23FN2O2. The number of hydrogen-bond acceptors (Lipinski definition) is 3. The minimum Gasteiger partial charge on any atom is -0.452 e. The highest BCUT2D eigenvalue weighted by molar-refractivity contribution is 5.71. The Morgan fingerprint density at radius 3 is 2.84 bits per heavy atom. The molecule has 0 aromatic carbocycles. The van der Waals surface area contributed by atoms with Crippen LogP contribution in [0.25, 0.3) is 0 Å². The third-order valence-electron chi connectivity index (χ3n) is 3.89. The van der Waals surface area contributed by atoms with E-state index in [2.05, 4.69) is 5.73 Å². The predicted octanol–water partition coefficient (Wildman–Crippen LogP) is 3.92. The fraction of sp³-hybridized carbons (Fsp3) is 0.300. The minimum absolute atomic E-state index is 0.135. The fourth-order valence-corrected chi connectivity index (χ4v) is 2.54. The van der Waals surface area contributed by atoms with Crippen LogP contribution in [-0.4, -0.2) is 31.2 Å². The molecule has 25 heavy (non-hydrogen) atoms. The zero-order valence-corrected chi connectivity index (χ0v) is 14.5. The lowest BCUT2D eigenvalue weighted by Crippen LogP contribution is -2.30. The minimum atomic E-state index is -0.492. The maximum atomic E-state index is 14.5. The molecule has 0 aromatic heterocycles. The molecule has 1 amide bonds. The van der Waals surface area contributed by atoms with Gasteiger partial charge in [-0.3, -0.25) is 4.90 Å². The second-order valence-corrected chi connectivity index (χ2v) is 5.66. The Morgan fingerprint density at radius 1 is 1.36 bits per heavy atom. The number of carbonyl (C=O) groups is 1. The van der Waals surface area contributed by atoms with E-state index in [1.807, 2.05) is 37.3 Å². The molecular weight excluding hydrogens is 319 g/mol. The number of ether oxygens (including phenoxy) is 1. The van der Waals surface area contributed by atoms with Crippen LogP contribution in [0.15, 0.2) is 77.0 Å². The van der Waals surface area contributed by atoms with Gasteiger partial charge in [0.15, 0.2) is 0 Å². The Kier molecular flexibility index (Phi) is 6.75. The van der Waals surface area contributed by atoms with Crippen LogP contribution in [-0.2, 0) is 4.74 Å². The lowest BCUT2D eigenvalue weighted by Gasteiger charge is -2.19. The molecule has 0 aromatic rings. The number of amides is 1. The van der Waals surface area contributed by atoms with Gasteiger partial charge in [-0.1, -0.05) is 43.0 Å². The Bertz CT molecular complexity index is 735. The molecule has 0 bridgehead atoms. The van der Waals surface area contributed by atoms with Crippen molar-refractivity contribution in [1.29, 1.82) is 0 Å². The van der Waals surface area contributed by atoms with E-state index in [-0.39, 0.29) is 5.92 Å². The highest BCUT2D eigenvalue weighted by atomic mass is 19.1. The zero-order valence-electron chi connectivity index (χ0n) is 14.5. The van der Waals surface area contributed by atoms with Crippen LogP contribution >= 0.6 is 0 Å². The van der Waals surface area contributed by atoms with Gasteiger partial charge in [0, 0.05) is 30.7 Å². The van der Waals surface area contributed by atoms with Crippen LogP contribution < -0.4 is 5.73 Å². The predicted molar refractivity (Wildman–Crippen MR) is 97.2 cm³/mol. The molecule has 0 aliphatic heterocycles. The number of allylic oxidation sites excluding steroid dienone is 8. The van der Waals surface area contributed by atoms with E-state index in [9.17, 15) is 9.18 Å². The molecule has 0 heterocycles. The summed E-state index contributed by atoms with van der Waals surface area (Å²) in [5.74, 6) is -0.279. The van der Waals surface area contributed by atoms with Crippen molar-refractivity contribution in [1.82, 2.24) is 4.90 Å². The van der Waals surface area contributed by atoms with Crippen molar-refractivity contribution < 1.29 is 13.9 Å². The average molecular weight is 342 g/mol. The number of halogens is 1. The second kappa shape index (κ2) is 9.02. The summed E-state index contributed by atoms with van der Waals surface area (Å²) >= 11 is 0. The Balaban J connectivity index is 2.30. The molecule has 4 nitrogen and oxygen atoms in total. The molecule has 2 aliphatic rings. The summed E-state index contributed by atoms with van der Waals surface area (Å²) in [4.78, 5) is 13.4. The number of rotatable bonds is 5. The number of methoxy groups -OCH3 is 1. The summed E-state index contributed by atoms with van der Waals surface area (Å²) in [7, 11) is 1.32. The normalized spacial score (nSPS) is 19.3.